The van der Waals surface area contributed by atoms with E-state index in [9.17, 15) is 4.79 Å². The third-order valence-corrected chi connectivity index (χ3v) is 3.89. The summed E-state index contributed by atoms with van der Waals surface area (Å²) in [6.07, 6.45) is 6.99. The zero-order chi connectivity index (χ0) is 12.5. The number of pyridine rings is 1. The van der Waals surface area contributed by atoms with Crippen LogP contribution in [0.15, 0.2) is 24.5 Å². The lowest BCUT2D eigenvalue weighted by molar-refractivity contribution is -0.131. The van der Waals surface area contributed by atoms with E-state index in [-0.39, 0.29) is 18.0 Å². The van der Waals surface area contributed by atoms with Gasteiger partial charge < -0.3 is 10.2 Å². The van der Waals surface area contributed by atoms with E-state index >= 15 is 0 Å². The van der Waals surface area contributed by atoms with Gasteiger partial charge in [0.1, 0.15) is 0 Å². The van der Waals surface area contributed by atoms with Gasteiger partial charge in [-0.3, -0.25) is 9.78 Å². The van der Waals surface area contributed by atoms with Crippen LogP contribution in [0.4, 0.5) is 0 Å². The maximum atomic E-state index is 12.3. The number of rotatable bonds is 4. The zero-order valence-corrected chi connectivity index (χ0v) is 10.7. The van der Waals surface area contributed by atoms with Gasteiger partial charge in [-0.15, -0.1) is 0 Å². The molecule has 1 aromatic heterocycles. The van der Waals surface area contributed by atoms with Gasteiger partial charge in [0.05, 0.1) is 12.1 Å². The average molecular weight is 245 g/mol. The van der Waals surface area contributed by atoms with Gasteiger partial charge >= 0.3 is 0 Å². The molecule has 1 aliphatic carbocycles. The van der Waals surface area contributed by atoms with E-state index in [0.29, 0.717) is 6.04 Å². The summed E-state index contributed by atoms with van der Waals surface area (Å²) in [5.74, 6) is 0.248. The van der Waals surface area contributed by atoms with Crippen LogP contribution in [-0.2, 0) is 4.79 Å². The molecule has 1 amide bonds. The average Bonchev–Trinajstić information content (AvgIpc) is 3.15. The fourth-order valence-electron chi connectivity index (χ4n) is 2.58. The third kappa shape index (κ3) is 2.25. The fraction of sp³-hybridized carbons (Fsp3) is 0.571. The Kier molecular flexibility index (Phi) is 3.04. The predicted molar refractivity (Wildman–Crippen MR) is 68.9 cm³/mol. The van der Waals surface area contributed by atoms with Gasteiger partial charge in [0.15, 0.2) is 0 Å². The monoisotopic (exact) mass is 245 g/mol. The summed E-state index contributed by atoms with van der Waals surface area (Å²) in [7, 11) is 0. The highest BCUT2D eigenvalue weighted by atomic mass is 16.2. The molecular formula is C14H19N3O. The van der Waals surface area contributed by atoms with Gasteiger partial charge in [-0.1, -0.05) is 6.07 Å². The number of hydrogen-bond acceptors (Lipinski definition) is 3. The second-order valence-electron chi connectivity index (χ2n) is 5.28. The van der Waals surface area contributed by atoms with Gasteiger partial charge in [-0.25, -0.2) is 0 Å². The molecular weight excluding hydrogens is 226 g/mol. The molecule has 0 bridgehead atoms. The minimum absolute atomic E-state index is 0.0385. The summed E-state index contributed by atoms with van der Waals surface area (Å²) in [6, 6.07) is 4.71. The van der Waals surface area contributed by atoms with Crippen molar-refractivity contribution in [1.29, 1.82) is 0 Å². The highest BCUT2D eigenvalue weighted by molar-refractivity contribution is 5.84. The van der Waals surface area contributed by atoms with Crippen molar-refractivity contribution in [3.05, 3.63) is 30.1 Å². The number of nitrogens with zero attached hydrogens (tertiary/aromatic N) is 2. The maximum absolute atomic E-state index is 12.3. The van der Waals surface area contributed by atoms with E-state index in [1.165, 1.54) is 12.8 Å². The molecule has 0 spiro atoms. The Morgan fingerprint density at radius 3 is 2.94 bits per heavy atom. The first-order valence-corrected chi connectivity index (χ1v) is 6.72. The topological polar surface area (TPSA) is 45.2 Å². The van der Waals surface area contributed by atoms with Gasteiger partial charge in [0.2, 0.25) is 5.91 Å². The molecule has 4 nitrogen and oxygen atoms in total. The summed E-state index contributed by atoms with van der Waals surface area (Å²) < 4.78 is 0. The first-order chi connectivity index (χ1) is 8.75. The van der Waals surface area contributed by atoms with E-state index in [1.807, 2.05) is 23.2 Å². The molecule has 1 saturated heterocycles. The predicted octanol–water partition coefficient (Wildman–Crippen LogP) is 1.50. The van der Waals surface area contributed by atoms with E-state index < -0.39 is 0 Å². The highest BCUT2D eigenvalue weighted by Crippen LogP contribution is 2.27. The molecule has 1 N–H and O–H groups in total. The van der Waals surface area contributed by atoms with Crippen molar-refractivity contribution in [2.45, 2.75) is 44.3 Å². The quantitative estimate of drug-likeness (QED) is 0.874. The number of nitrogens with one attached hydrogen (secondary N) is 1. The molecule has 2 atom stereocenters. The van der Waals surface area contributed by atoms with Crippen molar-refractivity contribution in [2.24, 2.45) is 0 Å². The molecule has 1 saturated carbocycles. The molecule has 96 valence electrons. The van der Waals surface area contributed by atoms with Gasteiger partial charge in [0, 0.05) is 25.0 Å². The van der Waals surface area contributed by atoms with Crippen molar-refractivity contribution in [3.8, 4) is 0 Å². The van der Waals surface area contributed by atoms with Crippen LogP contribution < -0.4 is 5.32 Å². The van der Waals surface area contributed by atoms with E-state index in [4.69, 9.17) is 0 Å². The summed E-state index contributed by atoms with van der Waals surface area (Å²) in [5, 5.41) is 3.43. The summed E-state index contributed by atoms with van der Waals surface area (Å²) >= 11 is 0. The molecule has 1 aromatic rings. The van der Waals surface area contributed by atoms with Crippen molar-refractivity contribution in [3.63, 3.8) is 0 Å². The standard InChI is InChI=1S/C14H19N3O/c1-10(11-3-2-7-15-9-11)17-8-6-13(14(17)18)16-12-4-5-12/h2-3,7,9-10,12-13,16H,4-6,8H2,1H3. The largest absolute Gasteiger partial charge is 0.334 e. The number of amides is 1. The first-order valence-electron chi connectivity index (χ1n) is 6.72. The number of carbonyl (C=O) groups is 1. The van der Waals surface area contributed by atoms with Gasteiger partial charge in [-0.05, 0) is 37.8 Å². The Bertz CT molecular complexity index is 430. The molecule has 1 aliphatic heterocycles. The molecule has 0 radical (unpaired) electrons. The molecule has 18 heavy (non-hydrogen) atoms. The lowest BCUT2D eigenvalue weighted by atomic mass is 10.1. The minimum Gasteiger partial charge on any atom is -0.334 e. The Morgan fingerprint density at radius 1 is 1.44 bits per heavy atom. The van der Waals surface area contributed by atoms with E-state index in [0.717, 1.165) is 18.5 Å². The van der Waals surface area contributed by atoms with Crippen LogP contribution in [0.2, 0.25) is 0 Å². The van der Waals surface area contributed by atoms with Crippen LogP contribution in [0.1, 0.15) is 37.8 Å². The Morgan fingerprint density at radius 2 is 2.28 bits per heavy atom. The van der Waals surface area contributed by atoms with Crippen molar-refractivity contribution in [2.75, 3.05) is 6.54 Å². The molecule has 3 rings (SSSR count). The summed E-state index contributed by atoms with van der Waals surface area (Å²) in [4.78, 5) is 18.4. The van der Waals surface area contributed by atoms with Crippen molar-refractivity contribution in [1.82, 2.24) is 15.2 Å². The minimum atomic E-state index is 0.0385. The lowest BCUT2D eigenvalue weighted by Gasteiger charge is -2.25. The maximum Gasteiger partial charge on any atom is 0.240 e. The third-order valence-electron chi connectivity index (χ3n) is 3.89. The van der Waals surface area contributed by atoms with Crippen LogP contribution in [0, 0.1) is 0 Å². The Balaban J connectivity index is 1.67. The number of hydrogen-bond donors (Lipinski definition) is 1. The molecule has 4 heteroatoms. The Labute approximate surface area is 107 Å². The second-order valence-corrected chi connectivity index (χ2v) is 5.28. The summed E-state index contributed by atoms with van der Waals surface area (Å²) in [6.45, 7) is 2.92. The second kappa shape index (κ2) is 4.69. The fourth-order valence-corrected chi connectivity index (χ4v) is 2.58. The summed E-state index contributed by atoms with van der Waals surface area (Å²) in [5.41, 5.74) is 1.11. The molecule has 0 aromatic carbocycles. The normalized spacial score (nSPS) is 25.5. The molecule has 2 fully saturated rings. The van der Waals surface area contributed by atoms with Crippen LogP contribution >= 0.6 is 0 Å². The number of aromatic nitrogens is 1. The molecule has 2 unspecified atom stereocenters. The van der Waals surface area contributed by atoms with Crippen LogP contribution in [0.5, 0.6) is 0 Å². The highest BCUT2D eigenvalue weighted by Gasteiger charge is 2.37. The lowest BCUT2D eigenvalue weighted by Crippen LogP contribution is -2.40. The zero-order valence-electron chi connectivity index (χ0n) is 10.7. The van der Waals surface area contributed by atoms with Crippen molar-refractivity contribution >= 4 is 5.91 Å². The van der Waals surface area contributed by atoms with E-state index in [2.05, 4.69) is 17.2 Å². The Hall–Kier alpha value is -1.42. The van der Waals surface area contributed by atoms with Gasteiger partial charge in [0.25, 0.3) is 0 Å². The molecule has 2 aliphatic rings. The first kappa shape index (κ1) is 11.7. The van der Waals surface area contributed by atoms with Crippen LogP contribution in [0.3, 0.4) is 0 Å². The molecule has 2 heterocycles. The van der Waals surface area contributed by atoms with Crippen LogP contribution in [-0.4, -0.2) is 34.4 Å². The van der Waals surface area contributed by atoms with Crippen LogP contribution in [0.25, 0.3) is 0 Å². The SMILES string of the molecule is CC(c1cccnc1)N1CCC(NC2CC2)C1=O. The van der Waals surface area contributed by atoms with Crippen molar-refractivity contribution < 1.29 is 4.79 Å². The smallest absolute Gasteiger partial charge is 0.240 e. The van der Waals surface area contributed by atoms with E-state index in [1.54, 1.807) is 6.20 Å². The number of carbonyl (C=O) groups excluding carboxylic acids is 1. The van der Waals surface area contributed by atoms with Gasteiger partial charge in [-0.2, -0.15) is 0 Å². The number of likely N-dealkylation sites (tertiary alicyclic amines) is 1.